The van der Waals surface area contributed by atoms with E-state index in [4.69, 9.17) is 4.74 Å². The molecule has 1 heterocycles. The molecule has 5 heteroatoms. The molecule has 5 nitrogen and oxygen atoms in total. The molecule has 1 aliphatic heterocycles. The fourth-order valence-corrected chi connectivity index (χ4v) is 1.81. The van der Waals surface area contributed by atoms with Gasteiger partial charge in [-0.15, -0.1) is 0 Å². The van der Waals surface area contributed by atoms with E-state index in [0.29, 0.717) is 17.9 Å². The van der Waals surface area contributed by atoms with E-state index in [-0.39, 0.29) is 6.61 Å². The van der Waals surface area contributed by atoms with E-state index in [2.05, 4.69) is 4.74 Å². The van der Waals surface area contributed by atoms with Crippen LogP contribution in [0.4, 0.5) is 5.69 Å². The van der Waals surface area contributed by atoms with Gasteiger partial charge in [0.05, 0.1) is 18.8 Å². The lowest BCUT2D eigenvalue weighted by atomic mass is 10.1. The lowest BCUT2D eigenvalue weighted by Gasteiger charge is -2.27. The summed E-state index contributed by atoms with van der Waals surface area (Å²) in [5, 5.41) is 0. The van der Waals surface area contributed by atoms with Crippen molar-refractivity contribution in [2.24, 2.45) is 0 Å². The van der Waals surface area contributed by atoms with E-state index in [9.17, 15) is 9.59 Å². The Labute approximate surface area is 105 Å². The van der Waals surface area contributed by atoms with E-state index < -0.39 is 11.8 Å². The number of nitrogens with zero attached hydrogens (tertiary/aromatic N) is 1. The van der Waals surface area contributed by atoms with Crippen molar-refractivity contribution in [1.29, 1.82) is 0 Å². The average Bonchev–Trinajstić information content (AvgIpc) is 2.38. The van der Waals surface area contributed by atoms with Gasteiger partial charge in [0, 0.05) is 12.6 Å². The topological polar surface area (TPSA) is 55.8 Å². The molecule has 0 N–H and O–H groups in total. The minimum absolute atomic E-state index is 0.189. The zero-order valence-corrected chi connectivity index (χ0v) is 10.4. The number of carbonyl (C=O) groups is 2. The second kappa shape index (κ2) is 5.08. The maximum atomic E-state index is 11.8. The van der Waals surface area contributed by atoms with Crippen molar-refractivity contribution < 1.29 is 19.1 Å². The predicted octanol–water partition coefficient (Wildman–Crippen LogP) is 1.26. The number of anilines is 1. The van der Waals surface area contributed by atoms with Crippen LogP contribution in [0.15, 0.2) is 18.2 Å². The van der Waals surface area contributed by atoms with Crippen LogP contribution in [0, 0.1) is 0 Å². The molecule has 0 aromatic heterocycles. The van der Waals surface area contributed by atoms with Gasteiger partial charge >= 0.3 is 5.97 Å². The lowest BCUT2D eigenvalue weighted by Crippen LogP contribution is -2.29. The normalized spacial score (nSPS) is 13.6. The third-order valence-corrected chi connectivity index (χ3v) is 2.78. The first kappa shape index (κ1) is 12.4. The quantitative estimate of drug-likeness (QED) is 0.458. The van der Waals surface area contributed by atoms with Crippen molar-refractivity contribution in [2.75, 3.05) is 31.7 Å². The van der Waals surface area contributed by atoms with Crippen molar-refractivity contribution in [3.63, 3.8) is 0 Å². The van der Waals surface area contributed by atoms with Gasteiger partial charge in [-0.25, -0.2) is 4.79 Å². The summed E-state index contributed by atoms with van der Waals surface area (Å²) >= 11 is 0. The summed E-state index contributed by atoms with van der Waals surface area (Å²) in [6.07, 6.45) is 0. The number of benzene rings is 1. The minimum atomic E-state index is -0.832. The van der Waals surface area contributed by atoms with E-state index in [1.54, 1.807) is 25.1 Å². The Hall–Kier alpha value is -2.04. The molecule has 2 rings (SSSR count). The number of esters is 1. The molecule has 0 amide bonds. The smallest absolute Gasteiger partial charge is 0.379 e. The molecule has 1 aromatic rings. The summed E-state index contributed by atoms with van der Waals surface area (Å²) in [5.74, 6) is -0.850. The summed E-state index contributed by atoms with van der Waals surface area (Å²) in [6, 6.07) is 4.98. The summed E-state index contributed by atoms with van der Waals surface area (Å²) in [5.41, 5.74) is 1.21. The molecule has 0 unspecified atom stereocenters. The number of fused-ring (bicyclic) bond motifs is 1. The summed E-state index contributed by atoms with van der Waals surface area (Å²) in [4.78, 5) is 25.2. The summed E-state index contributed by atoms with van der Waals surface area (Å²) < 4.78 is 10.2. The molecular weight excluding hydrogens is 234 g/mol. The molecule has 0 atom stereocenters. The van der Waals surface area contributed by atoms with Gasteiger partial charge < -0.3 is 14.4 Å². The van der Waals surface area contributed by atoms with Crippen molar-refractivity contribution in [2.45, 2.75) is 6.92 Å². The van der Waals surface area contributed by atoms with Gasteiger partial charge in [0.2, 0.25) is 0 Å². The first-order chi connectivity index (χ1) is 8.63. The maximum absolute atomic E-state index is 11.8. The highest BCUT2D eigenvalue weighted by molar-refractivity contribution is 6.40. The Morgan fingerprint density at radius 2 is 2.22 bits per heavy atom. The summed E-state index contributed by atoms with van der Waals surface area (Å²) in [7, 11) is 1.95. The van der Waals surface area contributed by atoms with Crippen LogP contribution in [0.3, 0.4) is 0 Å². The molecule has 0 saturated heterocycles. The molecular formula is C13H15NO4. The number of carbonyl (C=O) groups excluding carboxylic acids is 2. The molecule has 0 saturated carbocycles. The molecule has 1 aromatic carbocycles. The standard InChI is InChI=1S/C13H15NO4/c1-3-17-13(16)12(15)9-4-5-10-11(8-9)18-7-6-14(10)2/h4-5,8H,3,6-7H2,1-2H3. The molecule has 0 bridgehead atoms. The summed E-state index contributed by atoms with van der Waals surface area (Å²) in [6.45, 7) is 3.23. The zero-order valence-electron chi connectivity index (χ0n) is 10.4. The number of rotatable bonds is 3. The molecule has 96 valence electrons. The highest BCUT2D eigenvalue weighted by Crippen LogP contribution is 2.31. The van der Waals surface area contributed by atoms with E-state index in [1.165, 1.54) is 0 Å². The van der Waals surface area contributed by atoms with Crippen LogP contribution < -0.4 is 9.64 Å². The van der Waals surface area contributed by atoms with Gasteiger partial charge in [0.15, 0.2) is 0 Å². The highest BCUT2D eigenvalue weighted by Gasteiger charge is 2.21. The van der Waals surface area contributed by atoms with Crippen molar-refractivity contribution in [3.05, 3.63) is 23.8 Å². The number of hydrogen-bond donors (Lipinski definition) is 0. The highest BCUT2D eigenvalue weighted by atomic mass is 16.5. The molecule has 0 fully saturated rings. The molecule has 0 aliphatic carbocycles. The number of Topliss-reactive ketones (excluding diaryl/α,β-unsaturated/α-hetero) is 1. The van der Waals surface area contributed by atoms with Crippen LogP contribution in [-0.4, -0.2) is 38.6 Å². The Kier molecular flexibility index (Phi) is 3.50. The fourth-order valence-electron chi connectivity index (χ4n) is 1.81. The fraction of sp³-hybridized carbons (Fsp3) is 0.385. The Balaban J connectivity index is 2.26. The van der Waals surface area contributed by atoms with Crippen LogP contribution >= 0.6 is 0 Å². The Bertz CT molecular complexity index is 484. The first-order valence-electron chi connectivity index (χ1n) is 5.83. The van der Waals surface area contributed by atoms with Crippen LogP contribution in [-0.2, 0) is 9.53 Å². The Morgan fingerprint density at radius 1 is 1.44 bits per heavy atom. The molecule has 0 radical (unpaired) electrons. The van der Waals surface area contributed by atoms with Crippen LogP contribution in [0.1, 0.15) is 17.3 Å². The SMILES string of the molecule is CCOC(=O)C(=O)c1ccc2c(c1)OCCN2C. The largest absolute Gasteiger partial charge is 0.490 e. The number of ether oxygens (including phenoxy) is 2. The second-order valence-corrected chi connectivity index (χ2v) is 4.00. The monoisotopic (exact) mass is 249 g/mol. The van der Waals surface area contributed by atoms with E-state index in [1.807, 2.05) is 11.9 Å². The van der Waals surface area contributed by atoms with Gasteiger partial charge in [-0.1, -0.05) is 0 Å². The minimum Gasteiger partial charge on any atom is -0.490 e. The van der Waals surface area contributed by atoms with Gasteiger partial charge in [-0.2, -0.15) is 0 Å². The number of ketones is 1. The molecule has 1 aliphatic rings. The number of hydrogen-bond acceptors (Lipinski definition) is 5. The van der Waals surface area contributed by atoms with Crippen LogP contribution in [0.25, 0.3) is 0 Å². The van der Waals surface area contributed by atoms with E-state index in [0.717, 1.165) is 12.2 Å². The third-order valence-electron chi connectivity index (χ3n) is 2.78. The van der Waals surface area contributed by atoms with Crippen LogP contribution in [0.2, 0.25) is 0 Å². The van der Waals surface area contributed by atoms with Crippen molar-refractivity contribution >= 4 is 17.4 Å². The average molecular weight is 249 g/mol. The maximum Gasteiger partial charge on any atom is 0.379 e. The Morgan fingerprint density at radius 3 is 2.94 bits per heavy atom. The van der Waals surface area contributed by atoms with Gasteiger partial charge in [-0.05, 0) is 25.1 Å². The van der Waals surface area contributed by atoms with Gasteiger partial charge in [0.25, 0.3) is 5.78 Å². The molecule has 18 heavy (non-hydrogen) atoms. The first-order valence-corrected chi connectivity index (χ1v) is 5.83. The third kappa shape index (κ3) is 2.30. The van der Waals surface area contributed by atoms with E-state index >= 15 is 0 Å². The molecule has 0 spiro atoms. The van der Waals surface area contributed by atoms with Crippen molar-refractivity contribution in [3.8, 4) is 5.75 Å². The van der Waals surface area contributed by atoms with Crippen LogP contribution in [0.5, 0.6) is 5.75 Å². The second-order valence-electron chi connectivity index (χ2n) is 4.00. The zero-order chi connectivity index (χ0) is 13.1. The van der Waals surface area contributed by atoms with Crippen molar-refractivity contribution in [1.82, 2.24) is 0 Å². The number of likely N-dealkylation sites (N-methyl/N-ethyl adjacent to an activating group) is 1. The predicted molar refractivity (Wildman–Crippen MR) is 66.2 cm³/mol. The van der Waals surface area contributed by atoms with Gasteiger partial charge in [-0.3, -0.25) is 4.79 Å². The lowest BCUT2D eigenvalue weighted by molar-refractivity contribution is -0.137. The van der Waals surface area contributed by atoms with Gasteiger partial charge in [0.1, 0.15) is 12.4 Å².